The van der Waals surface area contributed by atoms with E-state index in [1.807, 2.05) is 26.0 Å². The summed E-state index contributed by atoms with van der Waals surface area (Å²) in [5.41, 5.74) is 4.18. The maximum Gasteiger partial charge on any atom is 0.260 e. The molecule has 2 amide bonds. The molecule has 170 valence electrons. The van der Waals surface area contributed by atoms with Crippen LogP contribution in [0.1, 0.15) is 60.0 Å². The van der Waals surface area contributed by atoms with Crippen molar-refractivity contribution in [2.75, 3.05) is 0 Å². The summed E-state index contributed by atoms with van der Waals surface area (Å²) in [5, 5.41) is 0.885. The Bertz CT molecular complexity index is 1150. The molecular weight excluding hydrogens is 400 g/mol. The normalized spacial score (nSPS) is 19.4. The van der Waals surface area contributed by atoms with E-state index in [2.05, 4.69) is 43.0 Å². The van der Waals surface area contributed by atoms with Crippen LogP contribution in [0.3, 0.4) is 0 Å². The van der Waals surface area contributed by atoms with Gasteiger partial charge in [-0.25, -0.2) is 9.97 Å². The van der Waals surface area contributed by atoms with Crippen molar-refractivity contribution in [3.8, 4) is 0 Å². The first-order valence-corrected chi connectivity index (χ1v) is 10.8. The van der Waals surface area contributed by atoms with Gasteiger partial charge in [0.25, 0.3) is 5.91 Å². The Kier molecular flexibility index (Phi) is 6.27. The molecule has 2 heterocycles. The molecular formula is C26H34N4O2. The number of aromatic nitrogens is 3. The van der Waals surface area contributed by atoms with Crippen LogP contribution in [0, 0.1) is 17.3 Å². The zero-order chi connectivity index (χ0) is 22.5. The molecule has 0 saturated heterocycles. The second-order valence-electron chi connectivity index (χ2n) is 10.0. The van der Waals surface area contributed by atoms with Gasteiger partial charge in [-0.2, -0.15) is 0 Å². The molecule has 2 aliphatic carbocycles. The van der Waals surface area contributed by atoms with Crippen molar-refractivity contribution in [2.24, 2.45) is 17.3 Å². The Hall–Kier alpha value is -3.02. The molecule has 1 fully saturated rings. The third-order valence-electron chi connectivity index (χ3n) is 6.02. The fourth-order valence-corrected chi connectivity index (χ4v) is 4.28. The van der Waals surface area contributed by atoms with Gasteiger partial charge in [0.05, 0.1) is 6.54 Å². The SMILES string of the molecule is C.C=C(C)c1ncc2cc(CN(C=O)C(=O)C3=C(C)C4CC4C=C3)n(CC(C)(C)C)c2n1. The van der Waals surface area contributed by atoms with E-state index in [-0.39, 0.29) is 25.3 Å². The summed E-state index contributed by atoms with van der Waals surface area (Å²) >= 11 is 0. The van der Waals surface area contributed by atoms with Gasteiger partial charge in [0, 0.05) is 29.4 Å². The Morgan fingerprint density at radius 2 is 2.09 bits per heavy atom. The smallest absolute Gasteiger partial charge is 0.260 e. The lowest BCUT2D eigenvalue weighted by Gasteiger charge is -2.24. The lowest BCUT2D eigenvalue weighted by atomic mass is 9.96. The van der Waals surface area contributed by atoms with Gasteiger partial charge < -0.3 is 4.57 Å². The highest BCUT2D eigenvalue weighted by atomic mass is 16.2. The summed E-state index contributed by atoms with van der Waals surface area (Å²) in [6.45, 7) is 15.2. The number of carbonyl (C=O) groups excluding carboxylic acids is 2. The highest BCUT2D eigenvalue weighted by Gasteiger charge is 2.40. The molecule has 0 bridgehead atoms. The van der Waals surface area contributed by atoms with Crippen LogP contribution in [-0.4, -0.2) is 31.8 Å². The second-order valence-corrected chi connectivity index (χ2v) is 10.0. The second kappa shape index (κ2) is 8.49. The fourth-order valence-electron chi connectivity index (χ4n) is 4.28. The minimum atomic E-state index is -0.240. The standard InChI is InChI=1S/C25H30N4O2.CH4/c1-15(2)22-26-11-18-9-19(29(23(18)27-22)13-25(4,5)6)12-28(14-30)24(31)20-8-7-17-10-21(17)16(20)3;/h7-9,11,14,17,21H,1,10,12-13H2,2-6H3;1H4. The van der Waals surface area contributed by atoms with Gasteiger partial charge in [0.1, 0.15) is 5.65 Å². The van der Waals surface area contributed by atoms with Gasteiger partial charge in [0.2, 0.25) is 6.41 Å². The van der Waals surface area contributed by atoms with Gasteiger partial charge in [-0.3, -0.25) is 14.5 Å². The predicted molar refractivity (Wildman–Crippen MR) is 128 cm³/mol. The summed E-state index contributed by atoms with van der Waals surface area (Å²) in [7, 11) is 0. The molecule has 0 spiro atoms. The zero-order valence-corrected chi connectivity index (χ0v) is 19.0. The first-order chi connectivity index (χ1) is 14.6. The van der Waals surface area contributed by atoms with Gasteiger partial charge in [0.15, 0.2) is 5.82 Å². The third-order valence-corrected chi connectivity index (χ3v) is 6.02. The minimum absolute atomic E-state index is 0. The van der Waals surface area contributed by atoms with Crippen molar-refractivity contribution in [1.29, 1.82) is 0 Å². The third kappa shape index (κ3) is 4.45. The molecule has 0 N–H and O–H groups in total. The van der Waals surface area contributed by atoms with Crippen LogP contribution in [0.15, 0.2) is 42.1 Å². The van der Waals surface area contributed by atoms with E-state index in [1.54, 1.807) is 6.20 Å². The van der Waals surface area contributed by atoms with Crippen LogP contribution >= 0.6 is 0 Å². The summed E-state index contributed by atoms with van der Waals surface area (Å²) in [5.74, 6) is 1.38. The molecule has 2 unspecified atom stereocenters. The highest BCUT2D eigenvalue weighted by molar-refractivity contribution is 6.02. The molecule has 2 aromatic heterocycles. The topological polar surface area (TPSA) is 68.1 Å². The van der Waals surface area contributed by atoms with E-state index in [9.17, 15) is 9.59 Å². The highest BCUT2D eigenvalue weighted by Crippen LogP contribution is 2.49. The molecule has 2 atom stereocenters. The van der Waals surface area contributed by atoms with Crippen LogP contribution in [0.2, 0.25) is 0 Å². The maximum absolute atomic E-state index is 13.2. The molecule has 6 heteroatoms. The average Bonchev–Trinajstić information content (AvgIpc) is 3.43. The number of allylic oxidation sites excluding steroid dienone is 3. The molecule has 0 aliphatic heterocycles. The molecule has 0 radical (unpaired) electrons. The molecule has 32 heavy (non-hydrogen) atoms. The van der Waals surface area contributed by atoms with Crippen molar-refractivity contribution >= 4 is 28.9 Å². The Labute approximate surface area is 190 Å². The van der Waals surface area contributed by atoms with Crippen molar-refractivity contribution in [3.05, 3.63) is 53.7 Å². The molecule has 1 saturated carbocycles. The van der Waals surface area contributed by atoms with Crippen LogP contribution in [0.4, 0.5) is 0 Å². The molecule has 2 aliphatic rings. The molecule has 4 rings (SSSR count). The lowest BCUT2D eigenvalue weighted by Crippen LogP contribution is -2.32. The Balaban J connectivity index is 0.00000289. The van der Waals surface area contributed by atoms with E-state index in [0.29, 0.717) is 36.2 Å². The quantitative estimate of drug-likeness (QED) is 0.589. The molecule has 2 aromatic rings. The number of amides is 2. The van der Waals surface area contributed by atoms with Crippen molar-refractivity contribution in [2.45, 2.75) is 61.6 Å². The van der Waals surface area contributed by atoms with Gasteiger partial charge in [-0.05, 0) is 49.2 Å². The predicted octanol–water partition coefficient (Wildman–Crippen LogP) is 5.15. The monoisotopic (exact) mass is 434 g/mol. The number of carbonyl (C=O) groups is 2. The van der Waals surface area contributed by atoms with E-state index in [0.717, 1.165) is 34.3 Å². The van der Waals surface area contributed by atoms with Crippen molar-refractivity contribution in [1.82, 2.24) is 19.4 Å². The summed E-state index contributed by atoms with van der Waals surface area (Å²) in [6.07, 6.45) is 7.51. The first kappa shape index (κ1) is 23.6. The van der Waals surface area contributed by atoms with Gasteiger partial charge >= 0.3 is 0 Å². The van der Waals surface area contributed by atoms with Crippen LogP contribution in [0.5, 0.6) is 0 Å². The van der Waals surface area contributed by atoms with E-state index >= 15 is 0 Å². The largest absolute Gasteiger partial charge is 0.327 e. The zero-order valence-electron chi connectivity index (χ0n) is 19.0. The summed E-state index contributed by atoms with van der Waals surface area (Å²) in [6, 6.07) is 1.97. The van der Waals surface area contributed by atoms with Gasteiger partial charge in [-0.1, -0.05) is 52.5 Å². The number of fused-ring (bicyclic) bond motifs is 2. The number of imide groups is 1. The Morgan fingerprint density at radius 3 is 2.72 bits per heavy atom. The van der Waals surface area contributed by atoms with Crippen molar-refractivity contribution in [3.63, 3.8) is 0 Å². The van der Waals surface area contributed by atoms with Crippen LogP contribution < -0.4 is 0 Å². The Morgan fingerprint density at radius 1 is 1.38 bits per heavy atom. The minimum Gasteiger partial charge on any atom is -0.327 e. The number of hydrogen-bond acceptors (Lipinski definition) is 4. The average molecular weight is 435 g/mol. The fraction of sp³-hybridized carbons (Fsp3) is 0.462. The first-order valence-electron chi connectivity index (χ1n) is 10.8. The lowest BCUT2D eigenvalue weighted by molar-refractivity contribution is -0.135. The number of nitrogens with zero attached hydrogens (tertiary/aromatic N) is 4. The molecule has 0 aromatic carbocycles. The van der Waals surface area contributed by atoms with Gasteiger partial charge in [-0.15, -0.1) is 0 Å². The summed E-state index contributed by atoms with van der Waals surface area (Å²) in [4.78, 5) is 35.5. The van der Waals surface area contributed by atoms with E-state index in [4.69, 9.17) is 4.98 Å². The number of rotatable bonds is 6. The van der Waals surface area contributed by atoms with Crippen molar-refractivity contribution < 1.29 is 9.59 Å². The maximum atomic E-state index is 13.2. The van der Waals surface area contributed by atoms with Crippen LogP contribution in [-0.2, 0) is 22.7 Å². The van der Waals surface area contributed by atoms with Crippen LogP contribution in [0.25, 0.3) is 16.6 Å². The molecule has 6 nitrogen and oxygen atoms in total. The summed E-state index contributed by atoms with van der Waals surface area (Å²) < 4.78 is 2.10. The van der Waals surface area contributed by atoms with E-state index < -0.39 is 0 Å². The van der Waals surface area contributed by atoms with E-state index in [1.165, 1.54) is 4.90 Å². The number of hydrogen-bond donors (Lipinski definition) is 0.